The third-order valence-corrected chi connectivity index (χ3v) is 4.74. The van der Waals surface area contributed by atoms with Crippen LogP contribution in [0.5, 0.6) is 0 Å². The summed E-state index contributed by atoms with van der Waals surface area (Å²) in [5.74, 6) is -0.0955. The van der Waals surface area contributed by atoms with Crippen molar-refractivity contribution in [2.75, 3.05) is 12.4 Å². The molecule has 3 rings (SSSR count). The lowest BCUT2D eigenvalue weighted by molar-refractivity contribution is -0.123. The Morgan fingerprint density at radius 3 is 2.13 bits per heavy atom. The number of hydrogen-bond donors (Lipinski definition) is 2. The molecule has 1 fully saturated rings. The monoisotopic (exact) mass is 372 g/mol. The Morgan fingerprint density at radius 1 is 1.00 bits per heavy atom. The average Bonchev–Trinajstić information content (AvgIpc) is 3.37. The third kappa shape index (κ3) is 3.15. The van der Waals surface area contributed by atoms with Crippen molar-refractivity contribution in [1.82, 2.24) is 5.32 Å². The minimum atomic E-state index is -0.372. The van der Waals surface area contributed by atoms with Gasteiger partial charge in [-0.1, -0.05) is 28.1 Å². The number of carbonyl (C=O) groups excluding carboxylic acids is 2. The summed E-state index contributed by atoms with van der Waals surface area (Å²) in [6, 6.07) is 14.7. The lowest BCUT2D eigenvalue weighted by Crippen LogP contribution is -2.31. The second-order valence-corrected chi connectivity index (χ2v) is 6.62. The highest BCUT2D eigenvalue weighted by Crippen LogP contribution is 2.48. The van der Waals surface area contributed by atoms with E-state index in [2.05, 4.69) is 26.6 Å². The number of carbonyl (C=O) groups is 2. The molecular weight excluding hydrogens is 356 g/mol. The van der Waals surface area contributed by atoms with Crippen LogP contribution in [-0.4, -0.2) is 18.9 Å². The summed E-state index contributed by atoms with van der Waals surface area (Å²) in [4.78, 5) is 24.2. The van der Waals surface area contributed by atoms with Gasteiger partial charge >= 0.3 is 0 Å². The normalized spacial score (nSPS) is 14.9. The van der Waals surface area contributed by atoms with Gasteiger partial charge < -0.3 is 10.6 Å². The van der Waals surface area contributed by atoms with Crippen LogP contribution in [0.2, 0.25) is 0 Å². The first kappa shape index (κ1) is 15.7. The van der Waals surface area contributed by atoms with Gasteiger partial charge in [0.05, 0.1) is 5.41 Å². The zero-order chi connectivity index (χ0) is 16.4. The first-order valence-corrected chi connectivity index (χ1v) is 8.24. The maximum Gasteiger partial charge on any atom is 0.255 e. The van der Waals surface area contributed by atoms with E-state index in [4.69, 9.17) is 0 Å². The van der Waals surface area contributed by atoms with Crippen LogP contribution in [0.3, 0.4) is 0 Å². The zero-order valence-electron chi connectivity index (χ0n) is 12.7. The molecule has 2 amide bonds. The highest BCUT2D eigenvalue weighted by molar-refractivity contribution is 9.10. The molecule has 0 spiro atoms. The van der Waals surface area contributed by atoms with E-state index < -0.39 is 0 Å². The Hall–Kier alpha value is -2.14. The molecule has 0 unspecified atom stereocenters. The summed E-state index contributed by atoms with van der Waals surface area (Å²) in [6.45, 7) is 0. The molecular formula is C18H17BrN2O2. The number of hydrogen-bond acceptors (Lipinski definition) is 2. The maximum atomic E-state index is 12.2. The molecule has 0 saturated heterocycles. The summed E-state index contributed by atoms with van der Waals surface area (Å²) < 4.78 is 0.933. The fourth-order valence-corrected chi connectivity index (χ4v) is 2.95. The number of benzene rings is 2. The van der Waals surface area contributed by atoms with E-state index in [1.54, 1.807) is 19.2 Å². The van der Waals surface area contributed by atoms with Gasteiger partial charge in [-0.3, -0.25) is 9.59 Å². The van der Waals surface area contributed by atoms with Crippen molar-refractivity contribution < 1.29 is 9.59 Å². The van der Waals surface area contributed by atoms with Crippen molar-refractivity contribution in [3.05, 3.63) is 64.1 Å². The molecule has 23 heavy (non-hydrogen) atoms. The van der Waals surface area contributed by atoms with E-state index in [1.165, 1.54) is 0 Å². The van der Waals surface area contributed by atoms with Crippen molar-refractivity contribution in [2.24, 2.45) is 0 Å². The van der Waals surface area contributed by atoms with Crippen molar-refractivity contribution in [1.29, 1.82) is 0 Å². The molecule has 0 aromatic heterocycles. The quantitative estimate of drug-likeness (QED) is 0.862. The van der Waals surface area contributed by atoms with Crippen molar-refractivity contribution in [2.45, 2.75) is 18.3 Å². The SMILES string of the molecule is CNC(=O)C1(c2ccc(NC(=O)c3ccc(Br)cc3)cc2)CC1. The van der Waals surface area contributed by atoms with Crippen molar-refractivity contribution in [3.8, 4) is 0 Å². The predicted octanol–water partition coefficient (Wildman–Crippen LogP) is 3.48. The fourth-order valence-electron chi connectivity index (χ4n) is 2.69. The number of amides is 2. The molecule has 1 aliphatic rings. The largest absolute Gasteiger partial charge is 0.358 e. The lowest BCUT2D eigenvalue weighted by Gasteiger charge is -2.14. The minimum Gasteiger partial charge on any atom is -0.358 e. The molecule has 2 aromatic rings. The van der Waals surface area contributed by atoms with Gasteiger partial charge in [0, 0.05) is 22.8 Å². The summed E-state index contributed by atoms with van der Waals surface area (Å²) in [5.41, 5.74) is 1.94. The molecule has 4 nitrogen and oxygen atoms in total. The smallest absolute Gasteiger partial charge is 0.255 e. The van der Waals surface area contributed by atoms with Crippen LogP contribution in [0.4, 0.5) is 5.69 Å². The van der Waals surface area contributed by atoms with Gasteiger partial charge in [-0.25, -0.2) is 0 Å². The standard InChI is InChI=1S/C18H17BrN2O2/c1-20-17(23)18(10-11-18)13-4-8-15(9-5-13)21-16(22)12-2-6-14(19)7-3-12/h2-9H,10-11H2,1H3,(H,20,23)(H,21,22). The first-order valence-electron chi connectivity index (χ1n) is 7.45. The molecule has 118 valence electrons. The zero-order valence-corrected chi connectivity index (χ0v) is 14.3. The molecule has 0 radical (unpaired) electrons. The van der Waals surface area contributed by atoms with E-state index >= 15 is 0 Å². The minimum absolute atomic E-state index is 0.0594. The van der Waals surface area contributed by atoms with Gasteiger partial charge in [-0.2, -0.15) is 0 Å². The molecule has 0 heterocycles. The first-order chi connectivity index (χ1) is 11.0. The Bertz CT molecular complexity index is 735. The second kappa shape index (κ2) is 6.16. The Morgan fingerprint density at radius 2 is 1.61 bits per heavy atom. The molecule has 0 bridgehead atoms. The number of anilines is 1. The summed E-state index contributed by atoms with van der Waals surface area (Å²) >= 11 is 3.35. The maximum absolute atomic E-state index is 12.2. The molecule has 1 saturated carbocycles. The Kier molecular flexibility index (Phi) is 4.22. The number of halogens is 1. The topological polar surface area (TPSA) is 58.2 Å². The highest BCUT2D eigenvalue weighted by atomic mass is 79.9. The van der Waals surface area contributed by atoms with Crippen LogP contribution in [0, 0.1) is 0 Å². The van der Waals surface area contributed by atoms with E-state index in [0.29, 0.717) is 5.56 Å². The molecule has 2 aromatic carbocycles. The van der Waals surface area contributed by atoms with E-state index in [0.717, 1.165) is 28.6 Å². The van der Waals surface area contributed by atoms with Gasteiger partial charge in [-0.15, -0.1) is 0 Å². The number of likely N-dealkylation sites (N-methyl/N-ethyl adjacent to an activating group) is 1. The fraction of sp³-hybridized carbons (Fsp3) is 0.222. The molecule has 1 aliphatic carbocycles. The summed E-state index contributed by atoms with van der Waals surface area (Å²) in [6.07, 6.45) is 1.74. The van der Waals surface area contributed by atoms with Crippen LogP contribution in [0.15, 0.2) is 53.0 Å². The van der Waals surface area contributed by atoms with E-state index in [9.17, 15) is 9.59 Å². The summed E-state index contributed by atoms with van der Waals surface area (Å²) in [7, 11) is 1.66. The third-order valence-electron chi connectivity index (χ3n) is 4.21. The molecule has 5 heteroatoms. The second-order valence-electron chi connectivity index (χ2n) is 5.70. The molecule has 0 aliphatic heterocycles. The van der Waals surface area contributed by atoms with Crippen molar-refractivity contribution >= 4 is 33.4 Å². The van der Waals surface area contributed by atoms with Gasteiger partial charge in [-0.05, 0) is 54.8 Å². The van der Waals surface area contributed by atoms with Crippen LogP contribution in [0.25, 0.3) is 0 Å². The lowest BCUT2D eigenvalue weighted by atomic mass is 9.95. The molecule has 2 N–H and O–H groups in total. The molecule has 0 atom stereocenters. The average molecular weight is 373 g/mol. The van der Waals surface area contributed by atoms with Crippen LogP contribution >= 0.6 is 15.9 Å². The Balaban J connectivity index is 1.72. The predicted molar refractivity (Wildman–Crippen MR) is 93.5 cm³/mol. The van der Waals surface area contributed by atoms with Gasteiger partial charge in [0.1, 0.15) is 0 Å². The van der Waals surface area contributed by atoms with Crippen LogP contribution in [-0.2, 0) is 10.2 Å². The van der Waals surface area contributed by atoms with E-state index in [-0.39, 0.29) is 17.2 Å². The van der Waals surface area contributed by atoms with Crippen LogP contribution < -0.4 is 10.6 Å². The number of nitrogens with one attached hydrogen (secondary N) is 2. The highest BCUT2D eigenvalue weighted by Gasteiger charge is 2.50. The summed E-state index contributed by atoms with van der Waals surface area (Å²) in [5, 5.41) is 5.59. The van der Waals surface area contributed by atoms with E-state index in [1.807, 2.05) is 36.4 Å². The van der Waals surface area contributed by atoms with Gasteiger partial charge in [0.2, 0.25) is 5.91 Å². The Labute approximate surface area is 143 Å². The van der Waals surface area contributed by atoms with Gasteiger partial charge in [0.25, 0.3) is 5.91 Å². The van der Waals surface area contributed by atoms with Crippen molar-refractivity contribution in [3.63, 3.8) is 0 Å². The number of rotatable bonds is 4. The van der Waals surface area contributed by atoms with Gasteiger partial charge in [0.15, 0.2) is 0 Å². The van der Waals surface area contributed by atoms with Crippen LogP contribution in [0.1, 0.15) is 28.8 Å².